The summed E-state index contributed by atoms with van der Waals surface area (Å²) in [6.07, 6.45) is 1.04. The lowest BCUT2D eigenvalue weighted by Crippen LogP contribution is -2.28. The van der Waals surface area contributed by atoms with Crippen molar-refractivity contribution in [1.29, 1.82) is 0 Å². The van der Waals surface area contributed by atoms with Crippen molar-refractivity contribution in [3.8, 4) is 0 Å². The molecule has 86 valence electrons. The maximum atomic E-state index is 11.5. The second-order valence-electron chi connectivity index (χ2n) is 4.77. The first-order valence-electron chi connectivity index (χ1n) is 5.63. The summed E-state index contributed by atoms with van der Waals surface area (Å²) in [6.45, 7) is 7.09. The van der Waals surface area contributed by atoms with E-state index in [1.165, 1.54) is 0 Å². The lowest BCUT2D eigenvalue weighted by molar-refractivity contribution is -0.142. The highest BCUT2D eigenvalue weighted by Crippen LogP contribution is 2.45. The summed E-state index contributed by atoms with van der Waals surface area (Å²) < 4.78 is 11.2. The van der Waals surface area contributed by atoms with Gasteiger partial charge in [0.2, 0.25) is 5.91 Å². The molecule has 2 rings (SSSR count). The van der Waals surface area contributed by atoms with E-state index in [1.807, 2.05) is 20.8 Å². The third kappa shape index (κ3) is 2.32. The van der Waals surface area contributed by atoms with Crippen LogP contribution in [-0.2, 0) is 14.3 Å². The Hall–Kier alpha value is -0.610. The summed E-state index contributed by atoms with van der Waals surface area (Å²) in [4.78, 5) is 11.5. The molecule has 1 saturated heterocycles. The zero-order valence-electron chi connectivity index (χ0n) is 9.58. The molecule has 3 atom stereocenters. The number of ether oxygens (including phenoxy) is 2. The van der Waals surface area contributed by atoms with Gasteiger partial charge in [0, 0.05) is 12.5 Å². The summed E-state index contributed by atoms with van der Waals surface area (Å²) >= 11 is 0. The van der Waals surface area contributed by atoms with E-state index in [1.54, 1.807) is 0 Å². The van der Waals surface area contributed by atoms with Crippen LogP contribution >= 0.6 is 0 Å². The Morgan fingerprint density at radius 1 is 1.53 bits per heavy atom. The molecule has 0 radical (unpaired) electrons. The molecule has 0 spiro atoms. The van der Waals surface area contributed by atoms with Crippen molar-refractivity contribution in [3.63, 3.8) is 0 Å². The SMILES string of the molecule is CCNC(=O)C1CC1[C@H]1COC(C)(C)O1. The molecule has 2 fully saturated rings. The van der Waals surface area contributed by atoms with Gasteiger partial charge < -0.3 is 14.8 Å². The number of hydrogen-bond donors (Lipinski definition) is 1. The predicted octanol–water partition coefficient (Wildman–Crippen LogP) is 0.910. The molecular weight excluding hydrogens is 194 g/mol. The minimum Gasteiger partial charge on any atom is -0.356 e. The van der Waals surface area contributed by atoms with Crippen molar-refractivity contribution in [2.24, 2.45) is 11.8 Å². The maximum absolute atomic E-state index is 11.5. The Morgan fingerprint density at radius 3 is 2.80 bits per heavy atom. The van der Waals surface area contributed by atoms with Crippen LogP contribution in [0.5, 0.6) is 0 Å². The topological polar surface area (TPSA) is 47.6 Å². The summed E-state index contributed by atoms with van der Waals surface area (Å²) in [6, 6.07) is 0. The normalized spacial score (nSPS) is 37.7. The molecule has 1 amide bonds. The average Bonchev–Trinajstić information content (AvgIpc) is 2.86. The molecule has 1 N–H and O–H groups in total. The van der Waals surface area contributed by atoms with Gasteiger partial charge in [-0.1, -0.05) is 0 Å². The van der Waals surface area contributed by atoms with E-state index < -0.39 is 5.79 Å². The van der Waals surface area contributed by atoms with Gasteiger partial charge in [-0.3, -0.25) is 4.79 Å². The van der Waals surface area contributed by atoms with E-state index in [-0.39, 0.29) is 17.9 Å². The monoisotopic (exact) mass is 213 g/mol. The molecule has 0 aromatic carbocycles. The first kappa shape index (κ1) is 10.9. The minimum absolute atomic E-state index is 0.104. The molecule has 2 unspecified atom stereocenters. The molecular formula is C11H19NO3. The van der Waals surface area contributed by atoms with E-state index >= 15 is 0 Å². The predicted molar refractivity (Wildman–Crippen MR) is 55.2 cm³/mol. The molecule has 2 aliphatic rings. The lowest BCUT2D eigenvalue weighted by Gasteiger charge is -2.17. The Labute approximate surface area is 90.3 Å². The largest absolute Gasteiger partial charge is 0.356 e. The second kappa shape index (κ2) is 3.76. The summed E-state index contributed by atoms with van der Waals surface area (Å²) in [5.41, 5.74) is 0. The van der Waals surface area contributed by atoms with E-state index in [0.29, 0.717) is 19.1 Å². The highest BCUT2D eigenvalue weighted by molar-refractivity contribution is 5.81. The van der Waals surface area contributed by atoms with Crippen LogP contribution in [0, 0.1) is 11.8 Å². The Kier molecular flexibility index (Phi) is 2.73. The van der Waals surface area contributed by atoms with Gasteiger partial charge >= 0.3 is 0 Å². The summed E-state index contributed by atoms with van der Waals surface area (Å²) in [7, 11) is 0. The number of hydrogen-bond acceptors (Lipinski definition) is 3. The van der Waals surface area contributed by atoms with Crippen molar-refractivity contribution in [1.82, 2.24) is 5.32 Å². The van der Waals surface area contributed by atoms with Crippen LogP contribution in [0.25, 0.3) is 0 Å². The Morgan fingerprint density at radius 2 is 2.27 bits per heavy atom. The van der Waals surface area contributed by atoms with Crippen LogP contribution in [-0.4, -0.2) is 30.9 Å². The van der Waals surface area contributed by atoms with Crippen LogP contribution in [0.1, 0.15) is 27.2 Å². The van der Waals surface area contributed by atoms with Gasteiger partial charge in [0.15, 0.2) is 5.79 Å². The number of amides is 1. The fourth-order valence-electron chi connectivity index (χ4n) is 2.16. The van der Waals surface area contributed by atoms with Crippen molar-refractivity contribution in [2.45, 2.75) is 39.1 Å². The second-order valence-corrected chi connectivity index (χ2v) is 4.77. The Balaban J connectivity index is 1.82. The fourth-order valence-corrected chi connectivity index (χ4v) is 2.16. The molecule has 1 heterocycles. The van der Waals surface area contributed by atoms with Crippen molar-refractivity contribution in [2.75, 3.05) is 13.2 Å². The van der Waals surface area contributed by atoms with Crippen LogP contribution in [0.15, 0.2) is 0 Å². The molecule has 4 nitrogen and oxygen atoms in total. The molecule has 0 aromatic rings. The van der Waals surface area contributed by atoms with E-state index in [2.05, 4.69) is 5.32 Å². The zero-order chi connectivity index (χ0) is 11.1. The number of carbonyl (C=O) groups excluding carboxylic acids is 1. The lowest BCUT2D eigenvalue weighted by atomic mass is 10.2. The van der Waals surface area contributed by atoms with E-state index in [0.717, 1.165) is 6.42 Å². The van der Waals surface area contributed by atoms with Crippen molar-refractivity contribution < 1.29 is 14.3 Å². The minimum atomic E-state index is -0.473. The number of rotatable bonds is 3. The first-order chi connectivity index (χ1) is 7.03. The summed E-state index contributed by atoms with van der Waals surface area (Å²) in [5.74, 6) is 0.195. The number of nitrogens with one attached hydrogen (secondary N) is 1. The third-order valence-corrected chi connectivity index (χ3v) is 3.04. The van der Waals surface area contributed by atoms with Crippen molar-refractivity contribution in [3.05, 3.63) is 0 Å². The van der Waals surface area contributed by atoms with E-state index in [9.17, 15) is 4.79 Å². The average molecular weight is 213 g/mol. The smallest absolute Gasteiger partial charge is 0.223 e. The highest BCUT2D eigenvalue weighted by Gasteiger charge is 2.51. The first-order valence-corrected chi connectivity index (χ1v) is 5.63. The molecule has 1 aliphatic heterocycles. The molecule has 4 heteroatoms. The van der Waals surface area contributed by atoms with Crippen LogP contribution < -0.4 is 5.32 Å². The van der Waals surface area contributed by atoms with Gasteiger partial charge in [-0.25, -0.2) is 0 Å². The van der Waals surface area contributed by atoms with Gasteiger partial charge in [0.05, 0.1) is 12.7 Å². The van der Waals surface area contributed by atoms with E-state index in [4.69, 9.17) is 9.47 Å². The quantitative estimate of drug-likeness (QED) is 0.758. The molecule has 15 heavy (non-hydrogen) atoms. The fraction of sp³-hybridized carbons (Fsp3) is 0.909. The maximum Gasteiger partial charge on any atom is 0.223 e. The third-order valence-electron chi connectivity index (χ3n) is 3.04. The zero-order valence-corrected chi connectivity index (χ0v) is 9.58. The highest BCUT2D eigenvalue weighted by atomic mass is 16.7. The Bertz CT molecular complexity index is 265. The van der Waals surface area contributed by atoms with Crippen LogP contribution in [0.4, 0.5) is 0 Å². The van der Waals surface area contributed by atoms with Crippen LogP contribution in [0.3, 0.4) is 0 Å². The van der Waals surface area contributed by atoms with Gasteiger partial charge in [-0.2, -0.15) is 0 Å². The standard InChI is InChI=1S/C11H19NO3/c1-4-12-10(13)8-5-7(8)9-6-14-11(2,3)15-9/h7-9H,4-6H2,1-3H3,(H,12,13)/t7?,8?,9-/m1/s1. The number of carbonyl (C=O) groups is 1. The van der Waals surface area contributed by atoms with Crippen LogP contribution in [0.2, 0.25) is 0 Å². The van der Waals surface area contributed by atoms with Gasteiger partial charge in [-0.15, -0.1) is 0 Å². The molecule has 1 saturated carbocycles. The van der Waals surface area contributed by atoms with Gasteiger partial charge in [-0.05, 0) is 33.1 Å². The van der Waals surface area contributed by atoms with Crippen molar-refractivity contribution >= 4 is 5.91 Å². The van der Waals surface area contributed by atoms with Gasteiger partial charge in [0.1, 0.15) is 0 Å². The molecule has 0 bridgehead atoms. The van der Waals surface area contributed by atoms with Gasteiger partial charge in [0.25, 0.3) is 0 Å². The summed E-state index contributed by atoms with van der Waals surface area (Å²) in [5, 5.41) is 2.85. The molecule has 0 aromatic heterocycles. The molecule has 1 aliphatic carbocycles.